The van der Waals surface area contributed by atoms with Crippen LogP contribution in [0.5, 0.6) is 0 Å². The number of carbonyl (C=O) groups is 3. The quantitative estimate of drug-likeness (QED) is 0.451. The first-order valence-electron chi connectivity index (χ1n) is 11.6. The van der Waals surface area contributed by atoms with E-state index in [1.807, 2.05) is 24.3 Å². The SMILES string of the molecule is O=C(Cc1csc(NC(=O)OCC2c3ccccc3-c3ccccc32)n1)NC1CCC(C(=O)O)C1. The minimum atomic E-state index is -0.815. The number of rotatable bonds is 7. The largest absolute Gasteiger partial charge is 0.481 e. The van der Waals surface area contributed by atoms with Crippen molar-refractivity contribution in [2.45, 2.75) is 37.6 Å². The van der Waals surface area contributed by atoms with Crippen LogP contribution >= 0.6 is 11.3 Å². The van der Waals surface area contributed by atoms with Crippen molar-refractivity contribution in [3.8, 4) is 11.1 Å². The summed E-state index contributed by atoms with van der Waals surface area (Å²) in [7, 11) is 0. The second kappa shape index (κ2) is 9.87. The predicted octanol–water partition coefficient (Wildman–Crippen LogP) is 4.42. The molecule has 2 atom stereocenters. The molecule has 1 fully saturated rings. The van der Waals surface area contributed by atoms with Crippen molar-refractivity contribution in [2.75, 3.05) is 11.9 Å². The number of thiazole rings is 1. The van der Waals surface area contributed by atoms with Gasteiger partial charge in [-0.1, -0.05) is 48.5 Å². The van der Waals surface area contributed by atoms with Crippen molar-refractivity contribution >= 4 is 34.4 Å². The maximum Gasteiger partial charge on any atom is 0.413 e. The van der Waals surface area contributed by atoms with E-state index in [9.17, 15) is 14.4 Å². The normalized spacial score (nSPS) is 18.5. The molecule has 8 nitrogen and oxygen atoms in total. The molecule has 0 spiro atoms. The molecule has 0 bridgehead atoms. The van der Waals surface area contributed by atoms with Gasteiger partial charge >= 0.3 is 12.1 Å². The molecule has 2 aromatic carbocycles. The number of ether oxygens (including phenoxy) is 1. The van der Waals surface area contributed by atoms with E-state index in [0.29, 0.717) is 30.1 Å². The number of amides is 2. The molecule has 3 aromatic rings. The Balaban J connectivity index is 1.13. The van der Waals surface area contributed by atoms with Crippen LogP contribution in [0.4, 0.5) is 9.93 Å². The van der Waals surface area contributed by atoms with Gasteiger partial charge in [-0.05, 0) is 41.5 Å². The zero-order valence-electron chi connectivity index (χ0n) is 18.9. The Morgan fingerprint density at radius 3 is 2.37 bits per heavy atom. The Morgan fingerprint density at radius 2 is 1.71 bits per heavy atom. The van der Waals surface area contributed by atoms with Crippen LogP contribution < -0.4 is 10.6 Å². The molecule has 3 N–H and O–H groups in total. The number of hydrogen-bond donors (Lipinski definition) is 3. The topological polar surface area (TPSA) is 118 Å². The zero-order valence-corrected chi connectivity index (χ0v) is 19.7. The van der Waals surface area contributed by atoms with Gasteiger partial charge in [-0.15, -0.1) is 11.3 Å². The van der Waals surface area contributed by atoms with Gasteiger partial charge in [0.2, 0.25) is 5.91 Å². The smallest absolute Gasteiger partial charge is 0.413 e. The summed E-state index contributed by atoms with van der Waals surface area (Å²) in [6.07, 6.45) is 1.16. The van der Waals surface area contributed by atoms with E-state index in [4.69, 9.17) is 9.84 Å². The average molecular weight is 492 g/mol. The summed E-state index contributed by atoms with van der Waals surface area (Å²) in [4.78, 5) is 40.2. The average Bonchev–Trinajstić information content (AvgIpc) is 3.56. The van der Waals surface area contributed by atoms with Crippen molar-refractivity contribution in [1.82, 2.24) is 10.3 Å². The lowest BCUT2D eigenvalue weighted by molar-refractivity contribution is -0.141. The first kappa shape index (κ1) is 23.0. The van der Waals surface area contributed by atoms with Crippen LogP contribution in [0.3, 0.4) is 0 Å². The first-order chi connectivity index (χ1) is 17.0. The van der Waals surface area contributed by atoms with Crippen molar-refractivity contribution in [3.63, 3.8) is 0 Å². The molecular weight excluding hydrogens is 466 g/mol. The van der Waals surface area contributed by atoms with Crippen LogP contribution in [0.2, 0.25) is 0 Å². The molecule has 2 aliphatic rings. The van der Waals surface area contributed by atoms with E-state index in [0.717, 1.165) is 22.3 Å². The first-order valence-corrected chi connectivity index (χ1v) is 12.4. The monoisotopic (exact) mass is 491 g/mol. The fraction of sp³-hybridized carbons (Fsp3) is 0.308. The molecule has 2 unspecified atom stereocenters. The van der Waals surface area contributed by atoms with Crippen LogP contribution in [0.25, 0.3) is 11.1 Å². The standard InChI is InChI=1S/C26H25N3O5S/c30-23(27-16-10-9-15(11-16)24(31)32)12-17-14-35-25(28-17)29-26(33)34-13-22-20-7-3-1-5-18(20)19-6-2-4-8-21(19)22/h1-8,14-16,22H,9-13H2,(H,27,30)(H,31,32)(H,28,29,33). The fourth-order valence-electron chi connectivity index (χ4n) is 4.95. The maximum atomic E-state index is 12.4. The van der Waals surface area contributed by atoms with Crippen molar-refractivity contribution in [3.05, 3.63) is 70.7 Å². The van der Waals surface area contributed by atoms with Crippen molar-refractivity contribution < 1.29 is 24.2 Å². The lowest BCUT2D eigenvalue weighted by atomic mass is 9.98. The third-order valence-electron chi connectivity index (χ3n) is 6.59. The minimum absolute atomic E-state index is 0.0278. The summed E-state index contributed by atoms with van der Waals surface area (Å²) in [6.45, 7) is 0.208. The highest BCUT2D eigenvalue weighted by Crippen LogP contribution is 2.44. The number of benzene rings is 2. The number of aromatic nitrogens is 1. The van der Waals surface area contributed by atoms with Gasteiger partial charge in [0.25, 0.3) is 0 Å². The molecule has 1 aromatic heterocycles. The van der Waals surface area contributed by atoms with Gasteiger partial charge in [-0.2, -0.15) is 0 Å². The van der Waals surface area contributed by atoms with Gasteiger partial charge in [0.1, 0.15) is 6.61 Å². The molecule has 0 radical (unpaired) electrons. The molecule has 1 saturated carbocycles. The fourth-order valence-corrected chi connectivity index (χ4v) is 5.64. The van der Waals surface area contributed by atoms with Gasteiger partial charge < -0.3 is 15.2 Å². The van der Waals surface area contributed by atoms with Crippen LogP contribution in [-0.4, -0.2) is 40.7 Å². The number of aliphatic carboxylic acids is 1. The van der Waals surface area contributed by atoms with E-state index in [-0.39, 0.29) is 30.9 Å². The lowest BCUT2D eigenvalue weighted by Gasteiger charge is -2.14. The number of nitrogens with one attached hydrogen (secondary N) is 2. The highest BCUT2D eigenvalue weighted by molar-refractivity contribution is 7.13. The Bertz CT molecular complexity index is 1230. The Kier molecular flexibility index (Phi) is 6.50. The molecule has 1 heterocycles. The van der Waals surface area contributed by atoms with Gasteiger partial charge in [-0.25, -0.2) is 9.78 Å². The van der Waals surface area contributed by atoms with E-state index in [1.54, 1.807) is 5.38 Å². The summed E-state index contributed by atoms with van der Waals surface area (Å²) >= 11 is 1.22. The second-order valence-corrected chi connectivity index (χ2v) is 9.74. The van der Waals surface area contributed by atoms with Crippen LogP contribution in [-0.2, 0) is 20.7 Å². The molecule has 2 amide bonds. The van der Waals surface area contributed by atoms with Crippen molar-refractivity contribution in [2.24, 2.45) is 5.92 Å². The number of fused-ring (bicyclic) bond motifs is 3. The number of carboxylic acid groups (broad SMARTS) is 1. The summed E-state index contributed by atoms with van der Waals surface area (Å²) < 4.78 is 5.54. The van der Waals surface area contributed by atoms with E-state index < -0.39 is 18.0 Å². The summed E-state index contributed by atoms with van der Waals surface area (Å²) in [5, 5.41) is 16.7. The molecule has 0 aliphatic heterocycles. The van der Waals surface area contributed by atoms with Crippen LogP contribution in [0.15, 0.2) is 53.9 Å². The Hall–Kier alpha value is -3.72. The molecule has 35 heavy (non-hydrogen) atoms. The predicted molar refractivity (Wildman–Crippen MR) is 131 cm³/mol. The van der Waals surface area contributed by atoms with Crippen LogP contribution in [0, 0.1) is 5.92 Å². The molecular formula is C26H25N3O5S. The molecule has 0 saturated heterocycles. The highest BCUT2D eigenvalue weighted by Gasteiger charge is 2.31. The van der Waals surface area contributed by atoms with E-state index in [1.165, 1.54) is 11.3 Å². The Labute approximate surface area is 206 Å². The van der Waals surface area contributed by atoms with Gasteiger partial charge in [0.05, 0.1) is 18.0 Å². The summed E-state index contributed by atoms with van der Waals surface area (Å²) in [6, 6.07) is 16.2. The summed E-state index contributed by atoms with van der Waals surface area (Å²) in [5.74, 6) is -1.45. The lowest BCUT2D eigenvalue weighted by Crippen LogP contribution is -2.34. The van der Waals surface area contributed by atoms with Gasteiger partial charge in [0.15, 0.2) is 5.13 Å². The third-order valence-corrected chi connectivity index (χ3v) is 7.40. The molecule has 180 valence electrons. The maximum absolute atomic E-state index is 12.4. The number of carbonyl (C=O) groups excluding carboxylic acids is 2. The van der Waals surface area contributed by atoms with E-state index >= 15 is 0 Å². The molecule has 5 rings (SSSR count). The van der Waals surface area contributed by atoms with E-state index in [2.05, 4.69) is 39.9 Å². The summed E-state index contributed by atoms with van der Waals surface area (Å²) in [5.41, 5.74) is 5.14. The van der Waals surface area contributed by atoms with Gasteiger partial charge in [-0.3, -0.25) is 14.9 Å². The number of hydrogen-bond acceptors (Lipinski definition) is 6. The zero-order chi connectivity index (χ0) is 24.4. The number of carboxylic acids is 1. The minimum Gasteiger partial charge on any atom is -0.481 e. The Morgan fingerprint density at radius 1 is 1.03 bits per heavy atom. The number of nitrogens with zero attached hydrogens (tertiary/aromatic N) is 1. The van der Waals surface area contributed by atoms with Gasteiger partial charge in [0, 0.05) is 17.3 Å². The number of anilines is 1. The molecule has 2 aliphatic carbocycles. The van der Waals surface area contributed by atoms with Crippen molar-refractivity contribution in [1.29, 1.82) is 0 Å². The second-order valence-electron chi connectivity index (χ2n) is 8.88. The highest BCUT2D eigenvalue weighted by atomic mass is 32.1. The van der Waals surface area contributed by atoms with Crippen LogP contribution in [0.1, 0.15) is 42.0 Å². The third kappa shape index (κ3) is 5.05. The molecule has 9 heteroatoms.